The highest BCUT2D eigenvalue weighted by Crippen LogP contribution is 2.31. The number of hydrogen-bond acceptors (Lipinski definition) is 3. The quantitative estimate of drug-likeness (QED) is 0.847. The van der Waals surface area contributed by atoms with Crippen LogP contribution in [0, 0.1) is 13.8 Å². The number of ether oxygens (including phenoxy) is 1. The molecule has 126 valence electrons. The zero-order valence-corrected chi connectivity index (χ0v) is 14.3. The van der Waals surface area contributed by atoms with Crippen LogP contribution in [0.5, 0.6) is 5.75 Å². The van der Waals surface area contributed by atoms with Crippen LogP contribution in [0.15, 0.2) is 36.4 Å². The number of hydrogen-bond donors (Lipinski definition) is 2. The first-order valence-electron chi connectivity index (χ1n) is 8.41. The van der Waals surface area contributed by atoms with Gasteiger partial charge in [-0.3, -0.25) is 4.79 Å². The summed E-state index contributed by atoms with van der Waals surface area (Å²) in [7, 11) is 0. The standard InChI is InChI=1S/C20H24N2O2/c1-13-5-3-6-14(2)20(13)24-12-19(23)22-18-8-4-7-15-11-16(21)9-10-17(15)18/h3,5-6,9-11,18H,4,7-8,12,21H2,1-2H3,(H,22,23). The summed E-state index contributed by atoms with van der Waals surface area (Å²) in [5, 5.41) is 3.10. The topological polar surface area (TPSA) is 64.3 Å². The highest BCUT2D eigenvalue weighted by Gasteiger charge is 2.22. The van der Waals surface area contributed by atoms with E-state index in [1.54, 1.807) is 0 Å². The third-order valence-corrected chi connectivity index (χ3v) is 4.57. The Morgan fingerprint density at radius 3 is 2.75 bits per heavy atom. The Balaban J connectivity index is 1.64. The molecule has 1 aliphatic rings. The van der Waals surface area contributed by atoms with Gasteiger partial charge in [0.05, 0.1) is 6.04 Å². The molecule has 0 aromatic heterocycles. The molecule has 3 rings (SSSR count). The average Bonchev–Trinajstić information content (AvgIpc) is 2.54. The zero-order chi connectivity index (χ0) is 17.1. The number of carbonyl (C=O) groups excluding carboxylic acids is 1. The van der Waals surface area contributed by atoms with E-state index in [1.165, 1.54) is 11.1 Å². The molecule has 0 fully saturated rings. The number of amides is 1. The van der Waals surface area contributed by atoms with Crippen LogP contribution in [-0.2, 0) is 11.2 Å². The van der Waals surface area contributed by atoms with E-state index >= 15 is 0 Å². The van der Waals surface area contributed by atoms with Gasteiger partial charge in [-0.25, -0.2) is 0 Å². The van der Waals surface area contributed by atoms with Crippen molar-refractivity contribution in [2.75, 3.05) is 12.3 Å². The summed E-state index contributed by atoms with van der Waals surface area (Å²) in [6, 6.07) is 12.0. The Labute approximate surface area is 143 Å². The Bertz CT molecular complexity index is 735. The highest BCUT2D eigenvalue weighted by molar-refractivity contribution is 5.78. The molecule has 0 saturated carbocycles. The molecule has 1 unspecified atom stereocenters. The van der Waals surface area contributed by atoms with E-state index in [-0.39, 0.29) is 18.6 Å². The predicted octanol–water partition coefficient (Wildman–Crippen LogP) is 3.46. The maximum absolute atomic E-state index is 12.3. The van der Waals surface area contributed by atoms with Gasteiger partial charge in [-0.15, -0.1) is 0 Å². The molecule has 0 saturated heterocycles. The average molecular weight is 324 g/mol. The van der Waals surface area contributed by atoms with E-state index in [9.17, 15) is 4.79 Å². The fourth-order valence-electron chi connectivity index (χ4n) is 3.38. The van der Waals surface area contributed by atoms with Crippen molar-refractivity contribution in [1.29, 1.82) is 0 Å². The number of anilines is 1. The lowest BCUT2D eigenvalue weighted by Gasteiger charge is -2.26. The number of carbonyl (C=O) groups is 1. The van der Waals surface area contributed by atoms with Gasteiger partial charge in [-0.1, -0.05) is 24.3 Å². The van der Waals surface area contributed by atoms with Crippen molar-refractivity contribution < 1.29 is 9.53 Å². The lowest BCUT2D eigenvalue weighted by Crippen LogP contribution is -2.34. The van der Waals surface area contributed by atoms with Gasteiger partial charge in [0.15, 0.2) is 6.61 Å². The second-order valence-corrected chi connectivity index (χ2v) is 6.48. The van der Waals surface area contributed by atoms with E-state index in [0.717, 1.165) is 41.8 Å². The van der Waals surface area contributed by atoms with Crippen molar-refractivity contribution in [3.8, 4) is 5.75 Å². The molecule has 0 bridgehead atoms. The van der Waals surface area contributed by atoms with Crippen LogP contribution < -0.4 is 15.8 Å². The third-order valence-electron chi connectivity index (χ3n) is 4.57. The smallest absolute Gasteiger partial charge is 0.258 e. The Morgan fingerprint density at radius 1 is 1.25 bits per heavy atom. The number of nitrogens with one attached hydrogen (secondary N) is 1. The molecule has 0 heterocycles. The number of aryl methyl sites for hydroxylation is 3. The van der Waals surface area contributed by atoms with Crippen LogP contribution in [0.1, 0.15) is 41.1 Å². The Kier molecular flexibility index (Phi) is 4.74. The third kappa shape index (κ3) is 3.53. The van der Waals surface area contributed by atoms with Crippen molar-refractivity contribution in [2.45, 2.75) is 39.2 Å². The van der Waals surface area contributed by atoms with Crippen LogP contribution in [0.2, 0.25) is 0 Å². The van der Waals surface area contributed by atoms with Crippen molar-refractivity contribution >= 4 is 11.6 Å². The van der Waals surface area contributed by atoms with Crippen molar-refractivity contribution in [2.24, 2.45) is 0 Å². The first kappa shape index (κ1) is 16.4. The summed E-state index contributed by atoms with van der Waals surface area (Å²) in [6.45, 7) is 4.01. The Morgan fingerprint density at radius 2 is 2.00 bits per heavy atom. The fourth-order valence-corrected chi connectivity index (χ4v) is 3.38. The number of nitrogens with two attached hydrogens (primary N) is 1. The molecule has 3 N–H and O–H groups in total. The fraction of sp³-hybridized carbons (Fsp3) is 0.350. The minimum absolute atomic E-state index is 0.0342. The van der Waals surface area contributed by atoms with Gasteiger partial charge >= 0.3 is 0 Å². The molecule has 4 nitrogen and oxygen atoms in total. The lowest BCUT2D eigenvalue weighted by molar-refractivity contribution is -0.124. The summed E-state index contributed by atoms with van der Waals surface area (Å²) >= 11 is 0. The lowest BCUT2D eigenvalue weighted by atomic mass is 9.87. The molecular formula is C20H24N2O2. The molecule has 0 radical (unpaired) electrons. The second kappa shape index (κ2) is 6.95. The number of rotatable bonds is 4. The first-order chi connectivity index (χ1) is 11.5. The number of benzene rings is 2. The summed E-state index contributed by atoms with van der Waals surface area (Å²) < 4.78 is 5.75. The van der Waals surface area contributed by atoms with Gasteiger partial charge in [0.1, 0.15) is 5.75 Å². The minimum Gasteiger partial charge on any atom is -0.483 e. The number of para-hydroxylation sites is 1. The zero-order valence-electron chi connectivity index (χ0n) is 14.3. The van der Waals surface area contributed by atoms with E-state index < -0.39 is 0 Å². The number of nitrogen functional groups attached to an aromatic ring is 1. The predicted molar refractivity (Wildman–Crippen MR) is 96.1 cm³/mol. The van der Waals surface area contributed by atoms with Gasteiger partial charge in [-0.2, -0.15) is 0 Å². The maximum atomic E-state index is 12.3. The highest BCUT2D eigenvalue weighted by atomic mass is 16.5. The van der Waals surface area contributed by atoms with E-state index in [4.69, 9.17) is 10.5 Å². The maximum Gasteiger partial charge on any atom is 0.258 e. The van der Waals surface area contributed by atoms with Crippen molar-refractivity contribution in [3.05, 3.63) is 58.7 Å². The molecule has 0 spiro atoms. The molecule has 1 amide bonds. The van der Waals surface area contributed by atoms with Crippen LogP contribution in [0.25, 0.3) is 0 Å². The van der Waals surface area contributed by atoms with Crippen LogP contribution in [0.3, 0.4) is 0 Å². The summed E-state index contributed by atoms with van der Waals surface area (Å²) in [6.07, 6.45) is 3.02. The summed E-state index contributed by atoms with van der Waals surface area (Å²) in [5.74, 6) is 0.705. The van der Waals surface area contributed by atoms with Gasteiger partial charge in [0, 0.05) is 5.69 Å². The molecule has 24 heavy (non-hydrogen) atoms. The van der Waals surface area contributed by atoms with E-state index in [1.807, 2.05) is 50.2 Å². The number of fused-ring (bicyclic) bond motifs is 1. The van der Waals surface area contributed by atoms with Crippen molar-refractivity contribution in [1.82, 2.24) is 5.32 Å². The second-order valence-electron chi connectivity index (χ2n) is 6.48. The van der Waals surface area contributed by atoms with E-state index in [2.05, 4.69) is 5.32 Å². The molecule has 2 aromatic carbocycles. The molecule has 2 aromatic rings. The van der Waals surface area contributed by atoms with Gasteiger partial charge in [0.2, 0.25) is 0 Å². The molecule has 1 atom stereocenters. The van der Waals surface area contributed by atoms with Crippen molar-refractivity contribution in [3.63, 3.8) is 0 Å². The SMILES string of the molecule is Cc1cccc(C)c1OCC(=O)NC1CCCc2cc(N)ccc21. The largest absolute Gasteiger partial charge is 0.483 e. The summed E-state index contributed by atoms with van der Waals surface area (Å²) in [4.78, 5) is 12.3. The van der Waals surface area contributed by atoms with Gasteiger partial charge < -0.3 is 15.8 Å². The summed E-state index contributed by atoms with van der Waals surface area (Å²) in [5.41, 5.74) is 11.1. The van der Waals surface area contributed by atoms with Crippen LogP contribution >= 0.6 is 0 Å². The monoisotopic (exact) mass is 324 g/mol. The normalized spacial score (nSPS) is 16.3. The van der Waals surface area contributed by atoms with Gasteiger partial charge in [0.25, 0.3) is 5.91 Å². The molecule has 4 heteroatoms. The Hall–Kier alpha value is -2.49. The van der Waals surface area contributed by atoms with Crippen LogP contribution in [0.4, 0.5) is 5.69 Å². The minimum atomic E-state index is -0.0904. The molecule has 0 aliphatic heterocycles. The van der Waals surface area contributed by atoms with Crippen LogP contribution in [-0.4, -0.2) is 12.5 Å². The molecular weight excluding hydrogens is 300 g/mol. The molecule has 1 aliphatic carbocycles. The van der Waals surface area contributed by atoms with Gasteiger partial charge in [-0.05, 0) is 67.5 Å². The first-order valence-corrected chi connectivity index (χ1v) is 8.41. The van der Waals surface area contributed by atoms with E-state index in [0.29, 0.717) is 0 Å².